The van der Waals surface area contributed by atoms with Gasteiger partial charge in [0.1, 0.15) is 4.83 Å². The molecule has 130 valence electrons. The minimum absolute atomic E-state index is 0.00680. The fourth-order valence-corrected chi connectivity index (χ4v) is 4.32. The van der Waals surface area contributed by atoms with Crippen molar-refractivity contribution in [2.45, 2.75) is 25.9 Å². The Labute approximate surface area is 155 Å². The summed E-state index contributed by atoms with van der Waals surface area (Å²) >= 11 is 7.45. The maximum atomic E-state index is 12.5. The minimum Gasteiger partial charge on any atom is -0.347 e. The Hall–Kier alpha value is -1.89. The number of fused-ring (bicyclic) bond motifs is 1. The maximum absolute atomic E-state index is 12.5. The number of carbonyl (C=O) groups excluding carboxylic acids is 1. The quantitative estimate of drug-likeness (QED) is 0.737. The second kappa shape index (κ2) is 6.78. The molecule has 0 aliphatic carbocycles. The normalized spacial score (nSPS) is 17.3. The van der Waals surface area contributed by atoms with E-state index in [9.17, 15) is 4.79 Å². The molecule has 1 fully saturated rings. The van der Waals surface area contributed by atoms with Crippen molar-refractivity contribution in [1.29, 1.82) is 0 Å². The summed E-state index contributed by atoms with van der Waals surface area (Å²) in [5.41, 5.74) is 2.08. The molecular weight excluding hydrogens is 356 g/mol. The van der Waals surface area contributed by atoms with Crippen LogP contribution in [0.1, 0.15) is 27.3 Å². The van der Waals surface area contributed by atoms with Gasteiger partial charge in [0, 0.05) is 23.0 Å². The summed E-state index contributed by atoms with van der Waals surface area (Å²) in [7, 11) is 0. The summed E-state index contributed by atoms with van der Waals surface area (Å²) < 4.78 is 1.96. The van der Waals surface area contributed by atoms with E-state index in [1.165, 1.54) is 11.3 Å². The average Bonchev–Trinajstić information content (AvgIpc) is 3.29. The molecule has 3 aromatic rings. The molecular formula is C18H19ClN4OS. The van der Waals surface area contributed by atoms with Gasteiger partial charge in [0.2, 0.25) is 0 Å². The standard InChI is InChI=1S/C18H19ClN4OS/c1-11-15-8-16(17(24)21-14-6-7-20-9-14)25-18(15)23(22-11)10-12-2-4-13(19)5-3-12/h2-5,8,14,20H,6-7,9-10H2,1H3,(H,21,24). The topological polar surface area (TPSA) is 59.0 Å². The summed E-state index contributed by atoms with van der Waals surface area (Å²) in [6.07, 6.45) is 0.986. The van der Waals surface area contributed by atoms with Gasteiger partial charge >= 0.3 is 0 Å². The molecule has 25 heavy (non-hydrogen) atoms. The van der Waals surface area contributed by atoms with Gasteiger partial charge < -0.3 is 10.6 Å². The largest absolute Gasteiger partial charge is 0.347 e. The van der Waals surface area contributed by atoms with E-state index in [0.29, 0.717) is 6.54 Å². The SMILES string of the molecule is Cc1nn(Cc2ccc(Cl)cc2)c2sc(C(=O)NC3CCNC3)cc12. The van der Waals surface area contributed by atoms with Gasteiger partial charge in [-0.2, -0.15) is 5.10 Å². The van der Waals surface area contributed by atoms with E-state index >= 15 is 0 Å². The molecule has 5 nitrogen and oxygen atoms in total. The number of aryl methyl sites for hydroxylation is 1. The third kappa shape index (κ3) is 3.42. The van der Waals surface area contributed by atoms with E-state index in [2.05, 4.69) is 15.7 Å². The van der Waals surface area contributed by atoms with E-state index in [0.717, 1.165) is 50.9 Å². The number of nitrogens with zero attached hydrogens (tertiary/aromatic N) is 2. The van der Waals surface area contributed by atoms with E-state index in [1.54, 1.807) is 0 Å². The third-order valence-electron chi connectivity index (χ3n) is 4.47. The van der Waals surface area contributed by atoms with Gasteiger partial charge in [0.25, 0.3) is 5.91 Å². The zero-order valence-corrected chi connectivity index (χ0v) is 15.5. The molecule has 1 saturated heterocycles. The van der Waals surface area contributed by atoms with Gasteiger partial charge in [-0.1, -0.05) is 23.7 Å². The summed E-state index contributed by atoms with van der Waals surface area (Å²) in [6, 6.07) is 9.95. The summed E-state index contributed by atoms with van der Waals surface area (Å²) in [6.45, 7) is 4.46. The number of thiophene rings is 1. The van der Waals surface area contributed by atoms with Gasteiger partial charge in [0.15, 0.2) is 0 Å². The predicted octanol–water partition coefficient (Wildman–Crippen LogP) is 3.20. The van der Waals surface area contributed by atoms with Crippen LogP contribution in [-0.4, -0.2) is 34.8 Å². The van der Waals surface area contributed by atoms with Crippen LogP contribution in [-0.2, 0) is 6.54 Å². The molecule has 3 heterocycles. The first-order valence-corrected chi connectivity index (χ1v) is 9.52. The maximum Gasteiger partial charge on any atom is 0.261 e. The summed E-state index contributed by atoms with van der Waals surface area (Å²) in [5.74, 6) is 0.00680. The van der Waals surface area contributed by atoms with Gasteiger partial charge in [-0.15, -0.1) is 11.3 Å². The van der Waals surface area contributed by atoms with Gasteiger partial charge in [-0.3, -0.25) is 9.48 Å². The van der Waals surface area contributed by atoms with E-state index < -0.39 is 0 Å². The van der Waals surface area contributed by atoms with Crippen LogP contribution < -0.4 is 10.6 Å². The lowest BCUT2D eigenvalue weighted by Gasteiger charge is -2.09. The number of amides is 1. The molecule has 1 amide bonds. The third-order valence-corrected chi connectivity index (χ3v) is 5.87. The van der Waals surface area contributed by atoms with Crippen LogP contribution in [0.25, 0.3) is 10.2 Å². The van der Waals surface area contributed by atoms with Crippen molar-refractivity contribution in [2.75, 3.05) is 13.1 Å². The van der Waals surface area contributed by atoms with Crippen molar-refractivity contribution < 1.29 is 4.79 Å². The highest BCUT2D eigenvalue weighted by atomic mass is 35.5. The lowest BCUT2D eigenvalue weighted by Crippen LogP contribution is -2.35. The molecule has 4 rings (SSSR count). The smallest absolute Gasteiger partial charge is 0.261 e. The summed E-state index contributed by atoms with van der Waals surface area (Å²) in [5, 5.41) is 12.8. The van der Waals surface area contributed by atoms with Crippen LogP contribution in [0.3, 0.4) is 0 Å². The number of carbonyl (C=O) groups is 1. The second-order valence-corrected chi connectivity index (χ2v) is 7.83. The fourth-order valence-electron chi connectivity index (χ4n) is 3.13. The minimum atomic E-state index is 0.00680. The number of rotatable bonds is 4. The number of hydrogen-bond acceptors (Lipinski definition) is 4. The number of halogens is 1. The van der Waals surface area contributed by atoms with E-state index in [4.69, 9.17) is 11.6 Å². The van der Waals surface area contributed by atoms with Crippen molar-refractivity contribution >= 4 is 39.1 Å². The van der Waals surface area contributed by atoms with Crippen molar-refractivity contribution in [2.24, 2.45) is 0 Å². The Balaban J connectivity index is 1.59. The van der Waals surface area contributed by atoms with Crippen LogP contribution in [0.15, 0.2) is 30.3 Å². The van der Waals surface area contributed by atoms with Crippen molar-refractivity contribution in [3.05, 3.63) is 51.5 Å². The molecule has 0 bridgehead atoms. The molecule has 2 aromatic heterocycles. The average molecular weight is 375 g/mol. The van der Waals surface area contributed by atoms with Crippen LogP contribution in [0.4, 0.5) is 0 Å². The highest BCUT2D eigenvalue weighted by Gasteiger charge is 2.21. The molecule has 1 atom stereocenters. The zero-order chi connectivity index (χ0) is 17.4. The predicted molar refractivity (Wildman–Crippen MR) is 102 cm³/mol. The lowest BCUT2D eigenvalue weighted by molar-refractivity contribution is 0.0944. The zero-order valence-electron chi connectivity index (χ0n) is 13.9. The number of benzene rings is 1. The number of hydrogen-bond donors (Lipinski definition) is 2. The highest BCUT2D eigenvalue weighted by molar-refractivity contribution is 7.20. The second-order valence-electron chi connectivity index (χ2n) is 6.36. The molecule has 0 radical (unpaired) electrons. The summed E-state index contributed by atoms with van der Waals surface area (Å²) in [4.78, 5) is 14.3. The number of nitrogens with one attached hydrogen (secondary N) is 2. The van der Waals surface area contributed by atoms with Crippen LogP contribution in [0.2, 0.25) is 5.02 Å². The Morgan fingerprint density at radius 2 is 2.24 bits per heavy atom. The Morgan fingerprint density at radius 1 is 1.44 bits per heavy atom. The Morgan fingerprint density at radius 3 is 2.96 bits per heavy atom. The van der Waals surface area contributed by atoms with Gasteiger partial charge in [0.05, 0.1) is 17.1 Å². The van der Waals surface area contributed by atoms with Crippen LogP contribution >= 0.6 is 22.9 Å². The first-order chi connectivity index (χ1) is 12.1. The van der Waals surface area contributed by atoms with Gasteiger partial charge in [-0.25, -0.2) is 0 Å². The van der Waals surface area contributed by atoms with Crippen LogP contribution in [0, 0.1) is 6.92 Å². The van der Waals surface area contributed by atoms with E-state index in [1.807, 2.05) is 41.9 Å². The molecule has 2 N–H and O–H groups in total. The lowest BCUT2D eigenvalue weighted by atomic mass is 10.2. The Bertz CT molecular complexity index is 909. The molecule has 0 spiro atoms. The Kier molecular flexibility index (Phi) is 4.50. The monoisotopic (exact) mass is 374 g/mol. The molecule has 1 aliphatic rings. The van der Waals surface area contributed by atoms with Crippen LogP contribution in [0.5, 0.6) is 0 Å². The molecule has 1 unspecified atom stereocenters. The fraction of sp³-hybridized carbons (Fsp3) is 0.333. The highest BCUT2D eigenvalue weighted by Crippen LogP contribution is 2.29. The molecule has 7 heteroatoms. The van der Waals surface area contributed by atoms with E-state index in [-0.39, 0.29) is 11.9 Å². The molecule has 1 aromatic carbocycles. The molecule has 1 aliphatic heterocycles. The van der Waals surface area contributed by atoms with Gasteiger partial charge in [-0.05, 0) is 43.7 Å². The molecule has 0 saturated carbocycles. The van der Waals surface area contributed by atoms with Crippen molar-refractivity contribution in [3.8, 4) is 0 Å². The first-order valence-electron chi connectivity index (χ1n) is 8.33. The van der Waals surface area contributed by atoms with Crippen molar-refractivity contribution in [1.82, 2.24) is 20.4 Å². The number of aromatic nitrogens is 2. The first kappa shape index (κ1) is 16.6. The van der Waals surface area contributed by atoms with Crippen molar-refractivity contribution in [3.63, 3.8) is 0 Å².